The largest absolute Gasteiger partial charge is 0.481 e. The predicted molar refractivity (Wildman–Crippen MR) is 74.6 cm³/mol. The number of rotatable bonds is 6. The second-order valence-electron chi connectivity index (χ2n) is 4.65. The zero-order valence-corrected chi connectivity index (χ0v) is 12.2. The van der Waals surface area contributed by atoms with Crippen LogP contribution >= 0.6 is 11.8 Å². The summed E-state index contributed by atoms with van der Waals surface area (Å²) >= 11 is 1.74. The van der Waals surface area contributed by atoms with Crippen LogP contribution in [-0.2, 0) is 9.53 Å². The molecule has 0 spiro atoms. The molecular formula is C12H22N2O4S. The molecule has 2 unspecified atom stereocenters. The Morgan fingerprint density at radius 2 is 2.32 bits per heavy atom. The number of aliphatic carboxylic acids is 1. The first-order chi connectivity index (χ1) is 9.04. The molecule has 7 heteroatoms. The number of nitrogens with zero attached hydrogens (tertiary/aromatic N) is 1. The van der Waals surface area contributed by atoms with Crippen molar-refractivity contribution in [1.82, 2.24) is 10.2 Å². The molecule has 0 radical (unpaired) electrons. The van der Waals surface area contributed by atoms with E-state index in [-0.39, 0.29) is 24.5 Å². The Morgan fingerprint density at radius 1 is 1.58 bits per heavy atom. The topological polar surface area (TPSA) is 78.9 Å². The van der Waals surface area contributed by atoms with Crippen molar-refractivity contribution in [2.45, 2.75) is 31.8 Å². The number of thioether (sulfide) groups is 1. The number of carboxylic acids is 1. The minimum atomic E-state index is -0.913. The molecule has 0 aromatic heterocycles. The van der Waals surface area contributed by atoms with Crippen LogP contribution in [0, 0.1) is 0 Å². The van der Waals surface area contributed by atoms with Gasteiger partial charge in [0.25, 0.3) is 0 Å². The van der Waals surface area contributed by atoms with Crippen molar-refractivity contribution in [3.63, 3.8) is 0 Å². The monoisotopic (exact) mass is 290 g/mol. The van der Waals surface area contributed by atoms with Gasteiger partial charge in [-0.25, -0.2) is 4.79 Å². The van der Waals surface area contributed by atoms with Crippen molar-refractivity contribution in [2.75, 3.05) is 31.8 Å². The van der Waals surface area contributed by atoms with Gasteiger partial charge in [-0.1, -0.05) is 0 Å². The van der Waals surface area contributed by atoms with Crippen LogP contribution in [0.1, 0.15) is 19.8 Å². The molecule has 2 atom stereocenters. The molecule has 0 saturated carbocycles. The number of amides is 2. The zero-order chi connectivity index (χ0) is 14.3. The molecular weight excluding hydrogens is 268 g/mol. The predicted octanol–water partition coefficient (Wildman–Crippen LogP) is 1.01. The van der Waals surface area contributed by atoms with Crippen molar-refractivity contribution in [3.8, 4) is 0 Å². The summed E-state index contributed by atoms with van der Waals surface area (Å²) in [7, 11) is 0. The van der Waals surface area contributed by atoms with Gasteiger partial charge in [-0.15, -0.1) is 0 Å². The maximum atomic E-state index is 12.1. The first-order valence-electron chi connectivity index (χ1n) is 6.40. The van der Waals surface area contributed by atoms with Gasteiger partial charge in [0.2, 0.25) is 0 Å². The van der Waals surface area contributed by atoms with Gasteiger partial charge in [0.05, 0.1) is 25.7 Å². The van der Waals surface area contributed by atoms with Crippen molar-refractivity contribution in [3.05, 3.63) is 0 Å². The molecule has 1 saturated heterocycles. The molecule has 0 aromatic rings. The molecule has 0 bridgehead atoms. The molecule has 1 rings (SSSR count). The highest BCUT2D eigenvalue weighted by Gasteiger charge is 2.29. The molecule has 2 amide bonds. The molecule has 1 aliphatic heterocycles. The highest BCUT2D eigenvalue weighted by molar-refractivity contribution is 7.98. The third-order valence-corrected chi connectivity index (χ3v) is 3.67. The third kappa shape index (κ3) is 5.69. The van der Waals surface area contributed by atoms with E-state index in [4.69, 9.17) is 9.84 Å². The Hall–Kier alpha value is -0.950. The first kappa shape index (κ1) is 16.1. The lowest BCUT2D eigenvalue weighted by atomic mass is 10.1. The van der Waals surface area contributed by atoms with Crippen LogP contribution in [0.25, 0.3) is 0 Å². The summed E-state index contributed by atoms with van der Waals surface area (Å²) in [6.45, 7) is 3.15. The van der Waals surface area contributed by atoms with Gasteiger partial charge in [-0.3, -0.25) is 4.79 Å². The molecule has 110 valence electrons. The summed E-state index contributed by atoms with van der Waals surface area (Å²) in [6, 6.07) is -0.476. The Labute approximate surface area is 117 Å². The maximum Gasteiger partial charge on any atom is 0.318 e. The van der Waals surface area contributed by atoms with Crippen LogP contribution in [-0.4, -0.2) is 65.9 Å². The minimum absolute atomic E-state index is 0.0768. The lowest BCUT2D eigenvalue weighted by molar-refractivity contribution is -0.139. The van der Waals surface area contributed by atoms with E-state index in [0.29, 0.717) is 19.8 Å². The second kappa shape index (κ2) is 8.27. The van der Waals surface area contributed by atoms with E-state index in [1.165, 1.54) is 0 Å². The van der Waals surface area contributed by atoms with Crippen LogP contribution in [0.2, 0.25) is 0 Å². The van der Waals surface area contributed by atoms with Gasteiger partial charge < -0.3 is 20.1 Å². The number of nitrogens with one attached hydrogen (secondary N) is 1. The number of hydrogen-bond donors (Lipinski definition) is 2. The number of ether oxygens (including phenoxy) is 1. The average Bonchev–Trinajstić information content (AvgIpc) is 2.36. The summed E-state index contributed by atoms with van der Waals surface area (Å²) in [5.41, 5.74) is 0. The first-order valence-corrected chi connectivity index (χ1v) is 7.79. The fourth-order valence-corrected chi connectivity index (χ4v) is 2.54. The molecule has 1 aliphatic rings. The van der Waals surface area contributed by atoms with Gasteiger partial charge in [0.15, 0.2) is 0 Å². The van der Waals surface area contributed by atoms with Gasteiger partial charge in [-0.2, -0.15) is 11.8 Å². The van der Waals surface area contributed by atoms with E-state index in [9.17, 15) is 9.59 Å². The Kier molecular flexibility index (Phi) is 7.01. The van der Waals surface area contributed by atoms with Crippen LogP contribution in [0.15, 0.2) is 0 Å². The zero-order valence-electron chi connectivity index (χ0n) is 11.4. The molecule has 1 heterocycles. The smallest absolute Gasteiger partial charge is 0.318 e. The molecule has 0 aliphatic carbocycles. The fourth-order valence-electron chi connectivity index (χ4n) is 1.95. The lowest BCUT2D eigenvalue weighted by Crippen LogP contribution is -2.54. The third-order valence-electron chi connectivity index (χ3n) is 3.02. The van der Waals surface area contributed by atoms with Crippen molar-refractivity contribution >= 4 is 23.8 Å². The normalized spacial score (nSPS) is 20.9. The molecule has 6 nitrogen and oxygen atoms in total. The minimum Gasteiger partial charge on any atom is -0.481 e. The number of carbonyl (C=O) groups excluding carboxylic acids is 1. The van der Waals surface area contributed by atoms with E-state index in [1.807, 2.05) is 13.2 Å². The van der Waals surface area contributed by atoms with Gasteiger partial charge in [-0.05, 0) is 25.4 Å². The average molecular weight is 290 g/mol. The van der Waals surface area contributed by atoms with E-state index in [0.717, 1.165) is 12.2 Å². The summed E-state index contributed by atoms with van der Waals surface area (Å²) in [5, 5.41) is 11.8. The standard InChI is InChI=1S/C12H22N2O4S/c1-9(3-6-19-2)13-12(17)14-4-5-18-8-10(14)7-11(15)16/h9-10H,3-8H2,1-2H3,(H,13,17)(H,15,16). The Morgan fingerprint density at radius 3 is 2.95 bits per heavy atom. The summed E-state index contributed by atoms with van der Waals surface area (Å²) in [5.74, 6) is 0.0760. The molecule has 0 aromatic carbocycles. The van der Waals surface area contributed by atoms with E-state index in [1.54, 1.807) is 16.7 Å². The van der Waals surface area contributed by atoms with Gasteiger partial charge >= 0.3 is 12.0 Å². The Balaban J connectivity index is 2.49. The van der Waals surface area contributed by atoms with Crippen LogP contribution in [0.3, 0.4) is 0 Å². The lowest BCUT2D eigenvalue weighted by Gasteiger charge is -2.35. The summed E-state index contributed by atoms with van der Waals surface area (Å²) in [4.78, 5) is 24.5. The van der Waals surface area contributed by atoms with Crippen molar-refractivity contribution in [2.24, 2.45) is 0 Å². The summed E-state index contributed by atoms with van der Waals surface area (Å²) < 4.78 is 5.24. The van der Waals surface area contributed by atoms with Crippen LogP contribution < -0.4 is 5.32 Å². The molecule has 1 fully saturated rings. The highest BCUT2D eigenvalue weighted by Crippen LogP contribution is 2.11. The van der Waals surface area contributed by atoms with Gasteiger partial charge in [0.1, 0.15) is 0 Å². The maximum absolute atomic E-state index is 12.1. The van der Waals surface area contributed by atoms with Crippen molar-refractivity contribution in [1.29, 1.82) is 0 Å². The van der Waals surface area contributed by atoms with E-state index >= 15 is 0 Å². The number of morpholine rings is 1. The van der Waals surface area contributed by atoms with E-state index < -0.39 is 5.97 Å². The van der Waals surface area contributed by atoms with E-state index in [2.05, 4.69) is 5.32 Å². The second-order valence-corrected chi connectivity index (χ2v) is 5.64. The number of carboxylic acid groups (broad SMARTS) is 1. The summed E-state index contributed by atoms with van der Waals surface area (Å²) in [6.07, 6.45) is 2.85. The molecule has 19 heavy (non-hydrogen) atoms. The number of urea groups is 1. The van der Waals surface area contributed by atoms with Gasteiger partial charge in [0, 0.05) is 12.6 Å². The fraction of sp³-hybridized carbons (Fsp3) is 0.833. The number of carbonyl (C=O) groups is 2. The Bertz CT molecular complexity index is 314. The SMILES string of the molecule is CSCCC(C)NC(=O)N1CCOCC1CC(=O)O. The molecule has 2 N–H and O–H groups in total. The van der Waals surface area contributed by atoms with Crippen LogP contribution in [0.4, 0.5) is 4.79 Å². The van der Waals surface area contributed by atoms with Crippen LogP contribution in [0.5, 0.6) is 0 Å². The quantitative estimate of drug-likeness (QED) is 0.763. The van der Waals surface area contributed by atoms with Crippen molar-refractivity contribution < 1.29 is 19.4 Å². The number of hydrogen-bond acceptors (Lipinski definition) is 4. The highest BCUT2D eigenvalue weighted by atomic mass is 32.2.